The number of aromatic nitrogens is 1. The predicted molar refractivity (Wildman–Crippen MR) is 115 cm³/mol. The van der Waals surface area contributed by atoms with Crippen LogP contribution in [0.2, 0.25) is 0 Å². The third kappa shape index (κ3) is 4.40. The molecule has 1 aliphatic carbocycles. The molecule has 31 heavy (non-hydrogen) atoms. The first-order valence-electron chi connectivity index (χ1n) is 10.9. The molecule has 1 fully saturated rings. The van der Waals surface area contributed by atoms with Gasteiger partial charge < -0.3 is 14.4 Å². The maximum atomic E-state index is 13.1. The van der Waals surface area contributed by atoms with Gasteiger partial charge in [-0.25, -0.2) is 4.79 Å². The van der Waals surface area contributed by atoms with Gasteiger partial charge >= 0.3 is 11.9 Å². The van der Waals surface area contributed by atoms with Crippen LogP contribution in [-0.4, -0.2) is 54.5 Å². The van der Waals surface area contributed by atoms with Crippen molar-refractivity contribution in [1.82, 2.24) is 9.88 Å². The van der Waals surface area contributed by atoms with Gasteiger partial charge in [0.25, 0.3) is 5.91 Å². The van der Waals surface area contributed by atoms with Crippen LogP contribution in [0.25, 0.3) is 10.9 Å². The maximum Gasteiger partial charge on any atom is 0.339 e. The molecule has 0 radical (unpaired) electrons. The van der Waals surface area contributed by atoms with Crippen LogP contribution < -0.4 is 0 Å². The molecule has 1 amide bonds. The molecule has 4 rings (SSSR count). The molecule has 2 heterocycles. The van der Waals surface area contributed by atoms with E-state index in [9.17, 15) is 14.4 Å². The van der Waals surface area contributed by atoms with E-state index in [0.29, 0.717) is 37.4 Å². The minimum absolute atomic E-state index is 0.173. The summed E-state index contributed by atoms with van der Waals surface area (Å²) in [4.78, 5) is 43.8. The van der Waals surface area contributed by atoms with Gasteiger partial charge in [0.15, 0.2) is 6.61 Å². The number of aryl methyl sites for hydroxylation is 1. The van der Waals surface area contributed by atoms with Crippen LogP contribution in [0, 0.1) is 11.8 Å². The zero-order valence-corrected chi connectivity index (χ0v) is 18.1. The summed E-state index contributed by atoms with van der Waals surface area (Å²) in [5, 5.41) is 0.770. The van der Waals surface area contributed by atoms with Gasteiger partial charge in [0.1, 0.15) is 0 Å². The molecule has 1 aliphatic heterocycles. The number of nitrogens with zero attached hydrogens (tertiary/aromatic N) is 2. The average Bonchev–Trinajstić information content (AvgIpc) is 2.80. The van der Waals surface area contributed by atoms with Crippen molar-refractivity contribution in [2.75, 3.05) is 26.8 Å². The molecule has 0 N–H and O–H groups in total. The molecular formula is C24H28N2O5. The highest BCUT2D eigenvalue weighted by Gasteiger charge is 2.30. The summed E-state index contributed by atoms with van der Waals surface area (Å²) >= 11 is 0. The largest absolute Gasteiger partial charge is 0.469 e. The molecule has 2 aliphatic rings. The molecule has 1 atom stereocenters. The Morgan fingerprint density at radius 3 is 2.61 bits per heavy atom. The van der Waals surface area contributed by atoms with E-state index in [1.54, 1.807) is 4.90 Å². The molecule has 164 valence electrons. The lowest BCUT2D eigenvalue weighted by molar-refractivity contribution is -0.149. The third-order valence-corrected chi connectivity index (χ3v) is 6.42. The Kier molecular flexibility index (Phi) is 6.20. The number of rotatable bonds is 4. The number of para-hydroxylation sites is 1. The molecule has 7 heteroatoms. The minimum atomic E-state index is -0.471. The number of likely N-dealkylation sites (tertiary alicyclic amines) is 1. The number of carbonyl (C=O) groups is 3. The number of hydrogen-bond acceptors (Lipinski definition) is 6. The Bertz CT molecular complexity index is 1010. The normalized spacial score (nSPS) is 19.0. The standard InChI is InChI=1S/C24H28N2O5/c1-15-7-8-20-18(13-15)22(17-5-3-4-6-19(17)25-20)24(29)31-14-21(27)26-11-9-16(10-12-26)23(28)30-2/h3-6,15-16H,7-14H2,1-2H3. The van der Waals surface area contributed by atoms with E-state index in [4.69, 9.17) is 14.5 Å². The van der Waals surface area contributed by atoms with E-state index < -0.39 is 5.97 Å². The Labute approximate surface area is 181 Å². The van der Waals surface area contributed by atoms with Crippen LogP contribution in [0.4, 0.5) is 0 Å². The van der Waals surface area contributed by atoms with Gasteiger partial charge in [-0.2, -0.15) is 0 Å². The quantitative estimate of drug-likeness (QED) is 0.702. The Morgan fingerprint density at radius 1 is 1.13 bits per heavy atom. The Balaban J connectivity index is 1.47. The van der Waals surface area contributed by atoms with Crippen molar-refractivity contribution in [1.29, 1.82) is 0 Å². The van der Waals surface area contributed by atoms with E-state index >= 15 is 0 Å². The summed E-state index contributed by atoms with van der Waals surface area (Å²) in [6.07, 6.45) is 3.80. The van der Waals surface area contributed by atoms with Gasteiger partial charge in [-0.1, -0.05) is 25.1 Å². The molecule has 7 nitrogen and oxygen atoms in total. The third-order valence-electron chi connectivity index (χ3n) is 6.42. The predicted octanol–water partition coefficient (Wildman–Crippen LogP) is 2.93. The summed E-state index contributed by atoms with van der Waals surface area (Å²) in [5.74, 6) is -0.644. The number of pyridine rings is 1. The summed E-state index contributed by atoms with van der Waals surface area (Å²) < 4.78 is 10.3. The van der Waals surface area contributed by atoms with Crippen LogP contribution in [0.3, 0.4) is 0 Å². The second-order valence-corrected chi connectivity index (χ2v) is 8.53. The second-order valence-electron chi connectivity index (χ2n) is 8.53. The van der Waals surface area contributed by atoms with Crippen molar-refractivity contribution in [3.8, 4) is 0 Å². The number of fused-ring (bicyclic) bond motifs is 2. The first-order valence-corrected chi connectivity index (χ1v) is 10.9. The van der Waals surface area contributed by atoms with Gasteiger partial charge in [0.2, 0.25) is 0 Å². The summed E-state index contributed by atoms with van der Waals surface area (Å²) in [7, 11) is 1.38. The van der Waals surface area contributed by atoms with Crippen LogP contribution in [0.1, 0.15) is 47.8 Å². The van der Waals surface area contributed by atoms with E-state index in [2.05, 4.69) is 6.92 Å². The molecule has 1 aromatic heterocycles. The highest BCUT2D eigenvalue weighted by atomic mass is 16.5. The second kappa shape index (κ2) is 9.04. The van der Waals surface area contributed by atoms with Crippen molar-refractivity contribution in [2.24, 2.45) is 11.8 Å². The van der Waals surface area contributed by atoms with Crippen LogP contribution in [0.5, 0.6) is 0 Å². The van der Waals surface area contributed by atoms with Crippen molar-refractivity contribution in [3.63, 3.8) is 0 Å². The molecule has 0 saturated carbocycles. The number of piperidine rings is 1. The first-order chi connectivity index (χ1) is 15.0. The molecule has 1 saturated heterocycles. The molecule has 0 bridgehead atoms. The van der Waals surface area contributed by atoms with Gasteiger partial charge in [-0.15, -0.1) is 0 Å². The molecule has 1 aromatic carbocycles. The maximum absolute atomic E-state index is 13.1. The van der Waals surface area contributed by atoms with E-state index in [-0.39, 0.29) is 24.4 Å². The smallest absolute Gasteiger partial charge is 0.339 e. The lowest BCUT2D eigenvalue weighted by Gasteiger charge is -2.30. The fourth-order valence-electron chi connectivity index (χ4n) is 4.62. The fraction of sp³-hybridized carbons (Fsp3) is 0.500. The van der Waals surface area contributed by atoms with E-state index in [1.165, 1.54) is 7.11 Å². The molecular weight excluding hydrogens is 396 g/mol. The number of carbonyl (C=O) groups excluding carboxylic acids is 3. The topological polar surface area (TPSA) is 85.8 Å². The van der Waals surface area contributed by atoms with Gasteiger partial charge in [0, 0.05) is 24.2 Å². The first kappa shape index (κ1) is 21.3. The van der Waals surface area contributed by atoms with E-state index in [1.807, 2.05) is 24.3 Å². The van der Waals surface area contributed by atoms with Crippen LogP contribution in [0.15, 0.2) is 24.3 Å². The lowest BCUT2D eigenvalue weighted by atomic mass is 9.84. The number of ether oxygens (including phenoxy) is 2. The highest BCUT2D eigenvalue weighted by Crippen LogP contribution is 2.32. The highest BCUT2D eigenvalue weighted by molar-refractivity contribution is 6.05. The fourth-order valence-corrected chi connectivity index (χ4v) is 4.62. The number of amides is 1. The molecule has 0 spiro atoms. The lowest BCUT2D eigenvalue weighted by Crippen LogP contribution is -2.42. The summed E-state index contributed by atoms with van der Waals surface area (Å²) in [5.41, 5.74) is 3.23. The van der Waals surface area contributed by atoms with Crippen LogP contribution >= 0.6 is 0 Å². The molecule has 2 aromatic rings. The Hall–Kier alpha value is -2.96. The minimum Gasteiger partial charge on any atom is -0.469 e. The van der Waals surface area contributed by atoms with Gasteiger partial charge in [-0.05, 0) is 49.7 Å². The summed E-state index contributed by atoms with van der Waals surface area (Å²) in [6.45, 7) is 2.79. The number of hydrogen-bond donors (Lipinski definition) is 0. The number of benzene rings is 1. The van der Waals surface area contributed by atoms with Crippen molar-refractivity contribution in [3.05, 3.63) is 41.1 Å². The number of esters is 2. The van der Waals surface area contributed by atoms with Gasteiger partial charge in [-0.3, -0.25) is 14.6 Å². The van der Waals surface area contributed by atoms with Crippen molar-refractivity contribution < 1.29 is 23.9 Å². The average molecular weight is 424 g/mol. The molecule has 1 unspecified atom stereocenters. The van der Waals surface area contributed by atoms with E-state index in [0.717, 1.165) is 41.4 Å². The van der Waals surface area contributed by atoms with Crippen molar-refractivity contribution >= 4 is 28.7 Å². The SMILES string of the molecule is COC(=O)C1CCN(C(=O)COC(=O)c2c3c(nc4ccccc24)CCC(C)C3)CC1. The van der Waals surface area contributed by atoms with Gasteiger partial charge in [0.05, 0.1) is 24.1 Å². The number of methoxy groups -OCH3 is 1. The summed E-state index contributed by atoms with van der Waals surface area (Å²) in [6, 6.07) is 7.58. The Morgan fingerprint density at radius 2 is 1.87 bits per heavy atom. The zero-order chi connectivity index (χ0) is 22.0. The van der Waals surface area contributed by atoms with Crippen LogP contribution in [-0.2, 0) is 31.9 Å². The zero-order valence-electron chi connectivity index (χ0n) is 18.1. The monoisotopic (exact) mass is 424 g/mol. The van der Waals surface area contributed by atoms with Crippen molar-refractivity contribution in [2.45, 2.75) is 39.0 Å².